The van der Waals surface area contributed by atoms with E-state index in [4.69, 9.17) is 10.5 Å². The number of carbonyl (C=O) groups is 1. The molecule has 0 fully saturated rings. The zero-order valence-electron chi connectivity index (χ0n) is 10.8. The average molecular weight is 259 g/mol. The number of hydrogen-bond donors (Lipinski definition) is 2. The molecule has 0 saturated heterocycles. The third-order valence-electron chi connectivity index (χ3n) is 2.90. The van der Waals surface area contributed by atoms with E-state index >= 15 is 0 Å². The van der Waals surface area contributed by atoms with Gasteiger partial charge in [-0.05, 0) is 24.3 Å². The minimum Gasteiger partial charge on any atom is -0.380 e. The maximum atomic E-state index is 11.8. The van der Waals surface area contributed by atoms with E-state index in [9.17, 15) is 4.79 Å². The molecule has 0 spiro atoms. The van der Waals surface area contributed by atoms with Gasteiger partial charge in [0.25, 0.3) is 0 Å². The number of anilines is 1. The van der Waals surface area contributed by atoms with Crippen LogP contribution in [0, 0.1) is 0 Å². The maximum absolute atomic E-state index is 11.8. The Morgan fingerprint density at radius 3 is 3.05 bits per heavy atom. The number of carbonyl (C=O) groups excluding carboxylic acids is 1. The Kier molecular flexibility index (Phi) is 4.43. The van der Waals surface area contributed by atoms with Crippen molar-refractivity contribution in [1.29, 1.82) is 0 Å². The van der Waals surface area contributed by atoms with Crippen molar-refractivity contribution in [3.8, 4) is 0 Å². The SMILES string of the molecule is COC(CN)CC(=O)Nc1ccc2ncccc2c1. The summed E-state index contributed by atoms with van der Waals surface area (Å²) in [5, 5.41) is 3.82. The Morgan fingerprint density at radius 2 is 2.32 bits per heavy atom. The van der Waals surface area contributed by atoms with Gasteiger partial charge in [-0.2, -0.15) is 0 Å². The van der Waals surface area contributed by atoms with Gasteiger partial charge in [-0.3, -0.25) is 9.78 Å². The van der Waals surface area contributed by atoms with Crippen molar-refractivity contribution in [3.05, 3.63) is 36.5 Å². The molecule has 100 valence electrons. The molecule has 3 N–H and O–H groups in total. The minimum absolute atomic E-state index is 0.111. The Balaban J connectivity index is 2.06. The quantitative estimate of drug-likeness (QED) is 0.853. The highest BCUT2D eigenvalue weighted by molar-refractivity contribution is 5.93. The Hall–Kier alpha value is -1.98. The van der Waals surface area contributed by atoms with Crippen molar-refractivity contribution < 1.29 is 9.53 Å². The fourth-order valence-electron chi connectivity index (χ4n) is 1.84. The normalized spacial score (nSPS) is 12.3. The molecule has 19 heavy (non-hydrogen) atoms. The van der Waals surface area contributed by atoms with Crippen molar-refractivity contribution in [2.75, 3.05) is 19.0 Å². The van der Waals surface area contributed by atoms with Crippen molar-refractivity contribution in [1.82, 2.24) is 4.98 Å². The molecule has 1 amide bonds. The summed E-state index contributed by atoms with van der Waals surface area (Å²) in [6.45, 7) is 0.325. The molecule has 0 aliphatic carbocycles. The highest BCUT2D eigenvalue weighted by Gasteiger charge is 2.11. The van der Waals surface area contributed by atoms with Crippen molar-refractivity contribution in [3.63, 3.8) is 0 Å². The molecule has 0 radical (unpaired) electrons. The number of nitrogens with one attached hydrogen (secondary N) is 1. The van der Waals surface area contributed by atoms with E-state index in [1.54, 1.807) is 13.3 Å². The molecular weight excluding hydrogens is 242 g/mol. The Bertz CT molecular complexity index is 567. The standard InChI is InChI=1S/C14H17N3O2/c1-19-12(9-15)8-14(18)17-11-4-5-13-10(7-11)3-2-6-16-13/h2-7,12H,8-9,15H2,1H3,(H,17,18). The minimum atomic E-state index is -0.248. The summed E-state index contributed by atoms with van der Waals surface area (Å²) in [6, 6.07) is 9.42. The van der Waals surface area contributed by atoms with Crippen molar-refractivity contribution in [2.24, 2.45) is 5.73 Å². The summed E-state index contributed by atoms with van der Waals surface area (Å²) in [4.78, 5) is 16.0. The van der Waals surface area contributed by atoms with Crippen LogP contribution in [-0.4, -0.2) is 30.6 Å². The number of ether oxygens (including phenoxy) is 1. The lowest BCUT2D eigenvalue weighted by Crippen LogP contribution is -2.28. The van der Waals surface area contributed by atoms with Crippen molar-refractivity contribution in [2.45, 2.75) is 12.5 Å². The molecule has 5 heteroatoms. The molecule has 1 aromatic heterocycles. The largest absolute Gasteiger partial charge is 0.380 e. The summed E-state index contributed by atoms with van der Waals surface area (Å²) >= 11 is 0. The second-order valence-corrected chi connectivity index (χ2v) is 4.26. The predicted octanol–water partition coefficient (Wildman–Crippen LogP) is 1.54. The zero-order valence-corrected chi connectivity index (χ0v) is 10.8. The molecule has 1 unspecified atom stereocenters. The third kappa shape index (κ3) is 3.49. The second-order valence-electron chi connectivity index (χ2n) is 4.26. The number of benzene rings is 1. The summed E-state index contributed by atoms with van der Waals surface area (Å²) in [6.07, 6.45) is 1.74. The molecule has 0 aliphatic rings. The smallest absolute Gasteiger partial charge is 0.227 e. The summed E-state index contributed by atoms with van der Waals surface area (Å²) in [5.74, 6) is -0.111. The molecule has 0 saturated carbocycles. The molecular formula is C14H17N3O2. The number of methoxy groups -OCH3 is 1. The van der Waals surface area contributed by atoms with E-state index in [1.165, 1.54) is 0 Å². The van der Waals surface area contributed by atoms with Crippen LogP contribution >= 0.6 is 0 Å². The van der Waals surface area contributed by atoms with Gasteiger partial charge < -0.3 is 15.8 Å². The van der Waals surface area contributed by atoms with Gasteiger partial charge in [0, 0.05) is 30.9 Å². The number of amides is 1. The highest BCUT2D eigenvalue weighted by Crippen LogP contribution is 2.17. The highest BCUT2D eigenvalue weighted by atomic mass is 16.5. The van der Waals surface area contributed by atoms with Crippen molar-refractivity contribution >= 4 is 22.5 Å². The van der Waals surface area contributed by atoms with E-state index in [1.807, 2.05) is 30.3 Å². The van der Waals surface area contributed by atoms with Gasteiger partial charge in [-0.15, -0.1) is 0 Å². The van der Waals surface area contributed by atoms with Gasteiger partial charge in [0.15, 0.2) is 0 Å². The molecule has 5 nitrogen and oxygen atoms in total. The lowest BCUT2D eigenvalue weighted by atomic mass is 10.2. The monoisotopic (exact) mass is 259 g/mol. The first-order valence-electron chi connectivity index (χ1n) is 6.10. The van der Waals surface area contributed by atoms with Crippen LogP contribution in [0.1, 0.15) is 6.42 Å². The van der Waals surface area contributed by atoms with Gasteiger partial charge in [-0.1, -0.05) is 6.07 Å². The van der Waals surface area contributed by atoms with Gasteiger partial charge in [0.2, 0.25) is 5.91 Å². The summed E-state index contributed by atoms with van der Waals surface area (Å²) < 4.78 is 5.08. The van der Waals surface area contributed by atoms with E-state index < -0.39 is 0 Å². The topological polar surface area (TPSA) is 77.2 Å². The first-order chi connectivity index (χ1) is 9.22. The molecule has 2 rings (SSSR count). The van der Waals surface area contributed by atoms with Gasteiger partial charge in [-0.25, -0.2) is 0 Å². The number of rotatable bonds is 5. The Labute approximate surface area is 111 Å². The number of nitrogens with zero attached hydrogens (tertiary/aromatic N) is 1. The van der Waals surface area contributed by atoms with Crippen LogP contribution in [0.3, 0.4) is 0 Å². The fraction of sp³-hybridized carbons (Fsp3) is 0.286. The third-order valence-corrected chi connectivity index (χ3v) is 2.90. The Morgan fingerprint density at radius 1 is 1.47 bits per heavy atom. The van der Waals surface area contributed by atoms with E-state index in [2.05, 4.69) is 10.3 Å². The van der Waals surface area contributed by atoms with Crippen LogP contribution in [0.15, 0.2) is 36.5 Å². The molecule has 0 bridgehead atoms. The molecule has 1 atom stereocenters. The van der Waals surface area contributed by atoms with Gasteiger partial charge >= 0.3 is 0 Å². The number of aromatic nitrogens is 1. The summed E-state index contributed by atoms with van der Waals surface area (Å²) in [5.41, 5.74) is 7.13. The van der Waals surface area contributed by atoms with Crippen LogP contribution in [-0.2, 0) is 9.53 Å². The zero-order chi connectivity index (χ0) is 13.7. The van der Waals surface area contributed by atoms with Gasteiger partial charge in [0.1, 0.15) is 0 Å². The van der Waals surface area contributed by atoms with Crippen LogP contribution in [0.25, 0.3) is 10.9 Å². The number of hydrogen-bond acceptors (Lipinski definition) is 4. The van der Waals surface area contributed by atoms with E-state index in [0.29, 0.717) is 6.54 Å². The predicted molar refractivity (Wildman–Crippen MR) is 74.8 cm³/mol. The molecule has 0 aliphatic heterocycles. The van der Waals surface area contributed by atoms with E-state index in [-0.39, 0.29) is 18.4 Å². The summed E-state index contributed by atoms with van der Waals surface area (Å²) in [7, 11) is 1.55. The number of pyridine rings is 1. The lowest BCUT2D eigenvalue weighted by Gasteiger charge is -2.12. The van der Waals surface area contributed by atoms with Crippen LogP contribution in [0.4, 0.5) is 5.69 Å². The average Bonchev–Trinajstić information content (AvgIpc) is 2.44. The first kappa shape index (κ1) is 13.5. The van der Waals surface area contributed by atoms with Gasteiger partial charge in [0.05, 0.1) is 18.0 Å². The van der Waals surface area contributed by atoms with Crippen LogP contribution < -0.4 is 11.1 Å². The fourth-order valence-corrected chi connectivity index (χ4v) is 1.84. The first-order valence-corrected chi connectivity index (χ1v) is 6.10. The number of fused-ring (bicyclic) bond motifs is 1. The van der Waals surface area contributed by atoms with E-state index in [0.717, 1.165) is 16.6 Å². The van der Waals surface area contributed by atoms with Crippen LogP contribution in [0.5, 0.6) is 0 Å². The molecule has 1 heterocycles. The van der Waals surface area contributed by atoms with Crippen LogP contribution in [0.2, 0.25) is 0 Å². The lowest BCUT2D eigenvalue weighted by molar-refractivity contribution is -0.118. The number of nitrogens with two attached hydrogens (primary N) is 1. The molecule has 1 aromatic carbocycles. The molecule has 2 aromatic rings. The maximum Gasteiger partial charge on any atom is 0.227 e. The second kappa shape index (κ2) is 6.26.